The van der Waals surface area contributed by atoms with Gasteiger partial charge < -0.3 is 4.57 Å². The van der Waals surface area contributed by atoms with Gasteiger partial charge >= 0.3 is 0 Å². The monoisotopic (exact) mass is 193 g/mol. The van der Waals surface area contributed by atoms with Crippen LogP contribution in [-0.4, -0.2) is 4.57 Å². The first-order valence-corrected chi connectivity index (χ1v) is 5.89. The molecule has 1 heteroatoms. The van der Waals surface area contributed by atoms with Gasteiger partial charge in [-0.15, -0.1) is 0 Å². The van der Waals surface area contributed by atoms with Crippen LogP contribution in [0, 0.1) is 12.8 Å². The molecule has 0 aromatic carbocycles. The molecule has 0 amide bonds. The number of rotatable bonds is 6. The third-order valence-electron chi connectivity index (χ3n) is 3.05. The Morgan fingerprint density at radius 2 is 2.14 bits per heavy atom. The Labute approximate surface area is 88.1 Å². The molecule has 0 saturated heterocycles. The van der Waals surface area contributed by atoms with E-state index in [0.717, 1.165) is 5.92 Å². The quantitative estimate of drug-likeness (QED) is 0.643. The molecule has 0 spiro atoms. The number of nitrogens with zero attached hydrogens (tertiary/aromatic N) is 1. The lowest BCUT2D eigenvalue weighted by molar-refractivity contribution is 0.388. The molecule has 0 bridgehead atoms. The van der Waals surface area contributed by atoms with Crippen LogP contribution in [0.4, 0.5) is 0 Å². The van der Waals surface area contributed by atoms with Crippen LogP contribution in [0.2, 0.25) is 0 Å². The molecular weight excluding hydrogens is 170 g/mol. The number of hydrogen-bond acceptors (Lipinski definition) is 0. The highest BCUT2D eigenvalue weighted by Gasteiger charge is 2.07. The van der Waals surface area contributed by atoms with Gasteiger partial charge in [-0.2, -0.15) is 0 Å². The van der Waals surface area contributed by atoms with Crippen LogP contribution in [0.25, 0.3) is 0 Å². The van der Waals surface area contributed by atoms with Crippen LogP contribution >= 0.6 is 0 Å². The number of aromatic nitrogens is 1. The molecule has 1 aromatic rings. The summed E-state index contributed by atoms with van der Waals surface area (Å²) >= 11 is 0. The molecule has 0 aliphatic carbocycles. The topological polar surface area (TPSA) is 4.93 Å². The summed E-state index contributed by atoms with van der Waals surface area (Å²) in [5.41, 5.74) is 1.39. The molecule has 0 aliphatic rings. The van der Waals surface area contributed by atoms with Gasteiger partial charge in [-0.3, -0.25) is 0 Å². The highest BCUT2D eigenvalue weighted by Crippen LogP contribution is 2.16. The van der Waals surface area contributed by atoms with E-state index in [1.54, 1.807) is 0 Å². The maximum absolute atomic E-state index is 2.38. The van der Waals surface area contributed by atoms with E-state index in [-0.39, 0.29) is 0 Å². The smallest absolute Gasteiger partial charge is 0.0250 e. The minimum Gasteiger partial charge on any atom is -0.351 e. The largest absolute Gasteiger partial charge is 0.351 e. The van der Waals surface area contributed by atoms with E-state index in [1.165, 1.54) is 37.9 Å². The lowest BCUT2D eigenvalue weighted by Gasteiger charge is -2.16. The van der Waals surface area contributed by atoms with Gasteiger partial charge in [-0.05, 0) is 31.4 Å². The van der Waals surface area contributed by atoms with Crippen LogP contribution in [0.5, 0.6) is 0 Å². The van der Waals surface area contributed by atoms with Crippen LogP contribution in [0.15, 0.2) is 18.3 Å². The predicted molar refractivity (Wildman–Crippen MR) is 62.5 cm³/mol. The Kier molecular flexibility index (Phi) is 4.78. The van der Waals surface area contributed by atoms with Crippen LogP contribution in [-0.2, 0) is 6.54 Å². The van der Waals surface area contributed by atoms with Crippen molar-refractivity contribution in [2.45, 2.75) is 53.0 Å². The summed E-state index contributed by atoms with van der Waals surface area (Å²) in [6.45, 7) is 7.97. The molecule has 1 rings (SSSR count). The SMILES string of the molecule is CCCCC(CC)Cn1cccc1C. The second-order valence-corrected chi connectivity index (χ2v) is 4.22. The van der Waals surface area contributed by atoms with E-state index in [9.17, 15) is 0 Å². The average molecular weight is 193 g/mol. The van der Waals surface area contributed by atoms with Crippen molar-refractivity contribution < 1.29 is 0 Å². The first-order chi connectivity index (χ1) is 6.77. The van der Waals surface area contributed by atoms with Gasteiger partial charge in [0.2, 0.25) is 0 Å². The fourth-order valence-electron chi connectivity index (χ4n) is 1.90. The third kappa shape index (κ3) is 3.21. The highest BCUT2D eigenvalue weighted by atomic mass is 15.0. The molecule has 0 fully saturated rings. The van der Waals surface area contributed by atoms with Crippen molar-refractivity contribution in [1.29, 1.82) is 0 Å². The summed E-state index contributed by atoms with van der Waals surface area (Å²) in [7, 11) is 0. The summed E-state index contributed by atoms with van der Waals surface area (Å²) in [6, 6.07) is 4.33. The average Bonchev–Trinajstić information content (AvgIpc) is 2.59. The Balaban J connectivity index is 2.44. The van der Waals surface area contributed by atoms with E-state index in [2.05, 4.69) is 43.7 Å². The zero-order valence-electron chi connectivity index (χ0n) is 9.79. The van der Waals surface area contributed by atoms with Crippen LogP contribution in [0.3, 0.4) is 0 Å². The third-order valence-corrected chi connectivity index (χ3v) is 3.05. The van der Waals surface area contributed by atoms with Crippen LogP contribution in [0.1, 0.15) is 45.2 Å². The molecular formula is C13H23N. The van der Waals surface area contributed by atoms with Crippen molar-refractivity contribution >= 4 is 0 Å². The second-order valence-electron chi connectivity index (χ2n) is 4.22. The molecule has 80 valence electrons. The minimum atomic E-state index is 0.862. The molecule has 0 N–H and O–H groups in total. The molecule has 0 saturated carbocycles. The van der Waals surface area contributed by atoms with E-state index in [0.29, 0.717) is 0 Å². The van der Waals surface area contributed by atoms with Gasteiger partial charge in [0.05, 0.1) is 0 Å². The summed E-state index contributed by atoms with van der Waals surface area (Å²) in [5, 5.41) is 0. The first-order valence-electron chi connectivity index (χ1n) is 5.89. The normalized spacial score (nSPS) is 13.1. The van der Waals surface area contributed by atoms with E-state index in [1.807, 2.05) is 0 Å². The molecule has 1 aromatic heterocycles. The Hall–Kier alpha value is -0.720. The van der Waals surface area contributed by atoms with Crippen molar-refractivity contribution in [2.75, 3.05) is 0 Å². The van der Waals surface area contributed by atoms with Gasteiger partial charge in [-0.1, -0.05) is 33.1 Å². The van der Waals surface area contributed by atoms with Crippen molar-refractivity contribution in [3.63, 3.8) is 0 Å². The molecule has 1 atom stereocenters. The van der Waals surface area contributed by atoms with E-state index < -0.39 is 0 Å². The number of hydrogen-bond donors (Lipinski definition) is 0. The lowest BCUT2D eigenvalue weighted by Crippen LogP contribution is -2.10. The zero-order chi connectivity index (χ0) is 10.4. The van der Waals surface area contributed by atoms with Gasteiger partial charge in [0.1, 0.15) is 0 Å². The van der Waals surface area contributed by atoms with Gasteiger partial charge in [0, 0.05) is 18.4 Å². The molecule has 1 heterocycles. The first kappa shape index (κ1) is 11.4. The van der Waals surface area contributed by atoms with Crippen molar-refractivity contribution in [3.8, 4) is 0 Å². The fourth-order valence-corrected chi connectivity index (χ4v) is 1.90. The molecule has 1 unspecified atom stereocenters. The van der Waals surface area contributed by atoms with Crippen LogP contribution < -0.4 is 0 Å². The fraction of sp³-hybridized carbons (Fsp3) is 0.692. The predicted octanol–water partition coefficient (Wildman–Crippen LogP) is 4.01. The van der Waals surface area contributed by atoms with Gasteiger partial charge in [0.25, 0.3) is 0 Å². The summed E-state index contributed by atoms with van der Waals surface area (Å²) < 4.78 is 2.38. The summed E-state index contributed by atoms with van der Waals surface area (Å²) in [6.07, 6.45) is 7.58. The zero-order valence-corrected chi connectivity index (χ0v) is 9.79. The Bertz CT molecular complexity index is 249. The summed E-state index contributed by atoms with van der Waals surface area (Å²) in [4.78, 5) is 0. The van der Waals surface area contributed by atoms with Crippen molar-refractivity contribution in [2.24, 2.45) is 5.92 Å². The number of aryl methyl sites for hydroxylation is 1. The maximum Gasteiger partial charge on any atom is 0.0250 e. The maximum atomic E-state index is 2.38. The van der Waals surface area contributed by atoms with Gasteiger partial charge in [-0.25, -0.2) is 0 Å². The molecule has 14 heavy (non-hydrogen) atoms. The van der Waals surface area contributed by atoms with Gasteiger partial charge in [0.15, 0.2) is 0 Å². The lowest BCUT2D eigenvalue weighted by atomic mass is 9.99. The molecule has 0 radical (unpaired) electrons. The minimum absolute atomic E-state index is 0.862. The highest BCUT2D eigenvalue weighted by molar-refractivity contribution is 5.04. The van der Waals surface area contributed by atoms with Crippen molar-refractivity contribution in [1.82, 2.24) is 4.57 Å². The molecule has 0 aliphatic heterocycles. The second kappa shape index (κ2) is 5.90. The van der Waals surface area contributed by atoms with E-state index >= 15 is 0 Å². The Morgan fingerprint density at radius 1 is 1.36 bits per heavy atom. The molecule has 1 nitrogen and oxygen atoms in total. The standard InChI is InChI=1S/C13H23N/c1-4-6-9-13(5-2)11-14-10-7-8-12(14)3/h7-8,10,13H,4-6,9,11H2,1-3H3. The summed E-state index contributed by atoms with van der Waals surface area (Å²) in [5.74, 6) is 0.862. The van der Waals surface area contributed by atoms with E-state index in [4.69, 9.17) is 0 Å². The van der Waals surface area contributed by atoms with Crippen molar-refractivity contribution in [3.05, 3.63) is 24.0 Å². The number of unbranched alkanes of at least 4 members (excludes halogenated alkanes) is 1. The Morgan fingerprint density at radius 3 is 2.64 bits per heavy atom.